The summed E-state index contributed by atoms with van der Waals surface area (Å²) in [6, 6.07) is 14.1. The van der Waals surface area contributed by atoms with E-state index in [9.17, 15) is 8.42 Å². The van der Waals surface area contributed by atoms with E-state index < -0.39 is 10.0 Å². The number of pyridine rings is 1. The molecule has 0 saturated carbocycles. The summed E-state index contributed by atoms with van der Waals surface area (Å²) in [5.74, 6) is 0.780. The Morgan fingerprint density at radius 1 is 1.19 bits per heavy atom. The lowest BCUT2D eigenvalue weighted by molar-refractivity contribution is -0.0499. The minimum atomic E-state index is -3.47. The topological polar surface area (TPSA) is 74.8 Å². The van der Waals surface area contributed by atoms with Crippen LogP contribution < -0.4 is 9.62 Å². The molecule has 1 aromatic heterocycles. The van der Waals surface area contributed by atoms with Gasteiger partial charge >= 0.3 is 0 Å². The summed E-state index contributed by atoms with van der Waals surface area (Å²) in [4.78, 5) is 9.20. The normalized spacial score (nSPS) is 23.4. The molecule has 0 radical (unpaired) electrons. The van der Waals surface area contributed by atoms with Crippen LogP contribution in [0.5, 0.6) is 0 Å². The average Bonchev–Trinajstić information content (AvgIpc) is 3.14. The fourth-order valence-electron chi connectivity index (χ4n) is 3.80. The summed E-state index contributed by atoms with van der Waals surface area (Å²) in [5.41, 5.74) is 1.30. The molecule has 1 aromatic carbocycles. The predicted molar refractivity (Wildman–Crippen MR) is 103 cm³/mol. The van der Waals surface area contributed by atoms with Crippen molar-refractivity contribution in [2.75, 3.05) is 38.2 Å². The van der Waals surface area contributed by atoms with E-state index in [1.54, 1.807) is 12.1 Å². The van der Waals surface area contributed by atoms with Crippen molar-refractivity contribution in [3.05, 3.63) is 54.2 Å². The van der Waals surface area contributed by atoms with Crippen LogP contribution in [-0.2, 0) is 21.3 Å². The van der Waals surface area contributed by atoms with Gasteiger partial charge in [0.25, 0.3) is 0 Å². The number of ether oxygens (including phenoxy) is 1. The standard InChI is InChI=1S/C19H24N4O3S/c1-20-27(24,25)16-7-8-19(21-11-16)23-13-17-18(14-23)26-10-9-22(17)12-15-5-3-2-4-6-15/h2-8,11,17-18,20H,9-10,12-14H2,1H3. The summed E-state index contributed by atoms with van der Waals surface area (Å²) in [6.45, 7) is 4.14. The molecular formula is C19H24N4O3S. The Morgan fingerprint density at radius 2 is 2.00 bits per heavy atom. The quantitative estimate of drug-likeness (QED) is 0.826. The van der Waals surface area contributed by atoms with Crippen LogP contribution in [0, 0.1) is 0 Å². The number of aromatic nitrogens is 1. The van der Waals surface area contributed by atoms with Crippen LogP contribution in [-0.4, -0.2) is 63.7 Å². The molecule has 2 aliphatic rings. The van der Waals surface area contributed by atoms with Crippen molar-refractivity contribution in [2.45, 2.75) is 23.6 Å². The van der Waals surface area contributed by atoms with E-state index in [0.29, 0.717) is 6.04 Å². The molecule has 0 amide bonds. The molecule has 144 valence electrons. The molecule has 0 aliphatic carbocycles. The van der Waals surface area contributed by atoms with E-state index in [0.717, 1.165) is 38.6 Å². The number of fused-ring (bicyclic) bond motifs is 1. The van der Waals surface area contributed by atoms with E-state index in [1.807, 2.05) is 6.07 Å². The van der Waals surface area contributed by atoms with Gasteiger partial charge in [-0.1, -0.05) is 30.3 Å². The van der Waals surface area contributed by atoms with Crippen molar-refractivity contribution in [3.63, 3.8) is 0 Å². The molecule has 2 atom stereocenters. The van der Waals surface area contributed by atoms with Crippen molar-refractivity contribution >= 4 is 15.8 Å². The molecule has 0 bridgehead atoms. The third-order valence-electron chi connectivity index (χ3n) is 5.27. The summed E-state index contributed by atoms with van der Waals surface area (Å²) < 4.78 is 32.0. The highest BCUT2D eigenvalue weighted by atomic mass is 32.2. The highest BCUT2D eigenvalue weighted by Crippen LogP contribution is 2.27. The van der Waals surface area contributed by atoms with Crippen LogP contribution in [0.25, 0.3) is 0 Å². The van der Waals surface area contributed by atoms with E-state index >= 15 is 0 Å². The third-order valence-corrected chi connectivity index (χ3v) is 6.67. The van der Waals surface area contributed by atoms with Gasteiger partial charge in [0, 0.05) is 32.4 Å². The van der Waals surface area contributed by atoms with Gasteiger partial charge < -0.3 is 9.64 Å². The molecule has 7 nitrogen and oxygen atoms in total. The van der Waals surface area contributed by atoms with E-state index in [1.165, 1.54) is 18.8 Å². The van der Waals surface area contributed by atoms with Gasteiger partial charge in [-0.2, -0.15) is 0 Å². The number of benzene rings is 1. The van der Waals surface area contributed by atoms with E-state index in [4.69, 9.17) is 4.74 Å². The maximum absolute atomic E-state index is 11.9. The third kappa shape index (κ3) is 3.84. The number of sulfonamides is 1. The van der Waals surface area contributed by atoms with Crippen molar-refractivity contribution in [3.8, 4) is 0 Å². The van der Waals surface area contributed by atoms with Gasteiger partial charge in [0.2, 0.25) is 10.0 Å². The van der Waals surface area contributed by atoms with Crippen LogP contribution in [0.15, 0.2) is 53.6 Å². The van der Waals surface area contributed by atoms with Crippen molar-refractivity contribution < 1.29 is 13.2 Å². The zero-order valence-corrected chi connectivity index (χ0v) is 16.1. The summed E-state index contributed by atoms with van der Waals surface area (Å²) in [5, 5.41) is 0. The molecule has 4 rings (SSSR count). The maximum Gasteiger partial charge on any atom is 0.241 e. The molecule has 2 aliphatic heterocycles. The van der Waals surface area contributed by atoms with Gasteiger partial charge in [-0.3, -0.25) is 4.90 Å². The summed E-state index contributed by atoms with van der Waals surface area (Å²) >= 11 is 0. The van der Waals surface area contributed by atoms with Gasteiger partial charge in [0.1, 0.15) is 10.7 Å². The van der Waals surface area contributed by atoms with Crippen molar-refractivity contribution in [1.29, 1.82) is 0 Å². The van der Waals surface area contributed by atoms with Gasteiger partial charge in [-0.25, -0.2) is 18.1 Å². The molecule has 2 fully saturated rings. The maximum atomic E-state index is 11.9. The lowest BCUT2D eigenvalue weighted by Gasteiger charge is -2.36. The first-order valence-corrected chi connectivity index (χ1v) is 10.6. The van der Waals surface area contributed by atoms with Crippen molar-refractivity contribution in [1.82, 2.24) is 14.6 Å². The van der Waals surface area contributed by atoms with Gasteiger partial charge in [0.05, 0.1) is 18.8 Å². The smallest absolute Gasteiger partial charge is 0.241 e. The first-order valence-electron chi connectivity index (χ1n) is 9.11. The van der Waals surface area contributed by atoms with Crippen LogP contribution in [0.2, 0.25) is 0 Å². The number of hydrogen-bond donors (Lipinski definition) is 1. The highest BCUT2D eigenvalue weighted by molar-refractivity contribution is 7.89. The molecule has 8 heteroatoms. The minimum Gasteiger partial charge on any atom is -0.373 e. The lowest BCUT2D eigenvalue weighted by atomic mass is 10.1. The zero-order chi connectivity index (χ0) is 18.9. The Morgan fingerprint density at radius 3 is 2.70 bits per heavy atom. The first kappa shape index (κ1) is 18.4. The number of hydrogen-bond acceptors (Lipinski definition) is 6. The van der Waals surface area contributed by atoms with Crippen LogP contribution in [0.3, 0.4) is 0 Å². The van der Waals surface area contributed by atoms with E-state index in [2.05, 4.69) is 43.8 Å². The summed E-state index contributed by atoms with van der Waals surface area (Å²) in [7, 11) is -2.07. The Hall–Kier alpha value is -2.00. The molecular weight excluding hydrogens is 364 g/mol. The number of nitrogens with one attached hydrogen (secondary N) is 1. The SMILES string of the molecule is CNS(=O)(=O)c1ccc(N2CC3OCCN(Cc4ccccc4)C3C2)nc1. The Bertz CT molecular complexity index is 874. The van der Waals surface area contributed by atoms with Crippen LogP contribution in [0.4, 0.5) is 5.82 Å². The zero-order valence-electron chi connectivity index (χ0n) is 15.3. The van der Waals surface area contributed by atoms with Crippen LogP contribution in [0.1, 0.15) is 5.56 Å². The molecule has 0 spiro atoms. The fraction of sp³-hybridized carbons (Fsp3) is 0.421. The van der Waals surface area contributed by atoms with Gasteiger partial charge in [-0.05, 0) is 24.7 Å². The fourth-order valence-corrected chi connectivity index (χ4v) is 4.47. The molecule has 2 unspecified atom stereocenters. The van der Waals surface area contributed by atoms with E-state index in [-0.39, 0.29) is 11.0 Å². The molecule has 2 saturated heterocycles. The monoisotopic (exact) mass is 388 g/mol. The molecule has 2 aromatic rings. The minimum absolute atomic E-state index is 0.143. The Kier molecular flexibility index (Phi) is 5.14. The predicted octanol–water partition coefficient (Wildman–Crippen LogP) is 1.08. The van der Waals surface area contributed by atoms with Gasteiger partial charge in [0.15, 0.2) is 0 Å². The molecule has 3 heterocycles. The summed E-state index contributed by atoms with van der Waals surface area (Å²) in [6.07, 6.45) is 1.55. The lowest BCUT2D eigenvalue weighted by Crippen LogP contribution is -2.50. The van der Waals surface area contributed by atoms with Gasteiger partial charge in [-0.15, -0.1) is 0 Å². The molecule has 1 N–H and O–H groups in total. The van der Waals surface area contributed by atoms with Crippen molar-refractivity contribution in [2.24, 2.45) is 0 Å². The molecule has 27 heavy (non-hydrogen) atoms. The highest BCUT2D eigenvalue weighted by Gasteiger charge is 2.40. The number of rotatable bonds is 5. The number of anilines is 1. The first-order chi connectivity index (χ1) is 13.1. The average molecular weight is 388 g/mol. The second kappa shape index (κ2) is 7.55. The Balaban J connectivity index is 1.48. The largest absolute Gasteiger partial charge is 0.373 e. The number of nitrogens with zero attached hydrogens (tertiary/aromatic N) is 3. The second-order valence-corrected chi connectivity index (χ2v) is 8.78. The van der Waals surface area contributed by atoms with Crippen LogP contribution >= 0.6 is 0 Å². The Labute approximate surface area is 160 Å². The number of morpholine rings is 1. The second-order valence-electron chi connectivity index (χ2n) is 6.90.